The number of amides is 1. The number of ether oxygens (including phenoxy) is 1. The van der Waals surface area contributed by atoms with Gasteiger partial charge in [0.2, 0.25) is 0 Å². The Labute approximate surface area is 111 Å². The molecular weight excluding hydrogens is 242 g/mol. The molecule has 0 aliphatic rings. The maximum absolute atomic E-state index is 11.1. The molecule has 0 aliphatic heterocycles. The smallest absolute Gasteiger partial charge is 0.284 e. The van der Waals surface area contributed by atoms with Gasteiger partial charge in [-0.05, 0) is 43.5 Å². The summed E-state index contributed by atoms with van der Waals surface area (Å²) >= 11 is 0. The van der Waals surface area contributed by atoms with Crippen LogP contribution in [0.25, 0.3) is 11.3 Å². The van der Waals surface area contributed by atoms with Gasteiger partial charge in [0, 0.05) is 5.56 Å². The van der Waals surface area contributed by atoms with E-state index in [0.29, 0.717) is 0 Å². The number of hydrogen-bond donors (Lipinski definition) is 2. The van der Waals surface area contributed by atoms with Crippen molar-refractivity contribution in [2.75, 3.05) is 7.11 Å². The molecule has 0 saturated heterocycles. The summed E-state index contributed by atoms with van der Waals surface area (Å²) in [6.07, 6.45) is 1.63. The van der Waals surface area contributed by atoms with Crippen molar-refractivity contribution in [3.63, 3.8) is 0 Å². The molecular formula is C14H17N3O2. The average Bonchev–Trinajstić information content (AvgIpc) is 2.83. The van der Waals surface area contributed by atoms with Gasteiger partial charge < -0.3 is 15.5 Å². The summed E-state index contributed by atoms with van der Waals surface area (Å²) in [5, 5.41) is 0. The van der Waals surface area contributed by atoms with Crippen molar-refractivity contribution in [2.45, 2.75) is 20.8 Å². The fraction of sp³-hybridized carbons (Fsp3) is 0.286. The molecule has 0 aliphatic carbocycles. The number of aryl methyl sites for hydroxylation is 1. The second kappa shape index (κ2) is 4.76. The lowest BCUT2D eigenvalue weighted by Gasteiger charge is -2.14. The monoisotopic (exact) mass is 259 g/mol. The normalized spacial score (nSPS) is 10.5. The molecule has 1 heterocycles. The van der Waals surface area contributed by atoms with Crippen molar-refractivity contribution in [1.29, 1.82) is 0 Å². The van der Waals surface area contributed by atoms with Crippen LogP contribution in [0, 0.1) is 20.8 Å². The van der Waals surface area contributed by atoms with Crippen LogP contribution in [-0.4, -0.2) is 23.0 Å². The van der Waals surface area contributed by atoms with Crippen LogP contribution in [0.2, 0.25) is 0 Å². The number of rotatable bonds is 3. The van der Waals surface area contributed by atoms with E-state index in [1.54, 1.807) is 13.3 Å². The molecule has 0 fully saturated rings. The highest BCUT2D eigenvalue weighted by atomic mass is 16.5. The van der Waals surface area contributed by atoms with E-state index in [4.69, 9.17) is 10.5 Å². The number of aromatic amines is 1. The fourth-order valence-electron chi connectivity index (χ4n) is 2.25. The predicted octanol–water partition coefficient (Wildman–Crippen LogP) is 2.11. The Hall–Kier alpha value is -2.30. The molecule has 0 radical (unpaired) electrons. The largest absolute Gasteiger partial charge is 0.496 e. The molecule has 0 saturated carbocycles. The fourth-order valence-corrected chi connectivity index (χ4v) is 2.25. The molecule has 5 heteroatoms. The number of imidazole rings is 1. The van der Waals surface area contributed by atoms with E-state index in [9.17, 15) is 4.79 Å². The van der Waals surface area contributed by atoms with Crippen molar-refractivity contribution in [3.8, 4) is 17.0 Å². The Bertz CT molecular complexity index is 644. The van der Waals surface area contributed by atoms with Crippen LogP contribution < -0.4 is 10.5 Å². The standard InChI is InChI=1S/C14H17N3O2/c1-7-5-11(19-4)8(2)9(3)12(7)10-6-16-14(17-10)13(15)18/h5-6H,1-4H3,(H2,15,18)(H,16,17). The number of carbonyl (C=O) groups is 1. The second-order valence-corrected chi connectivity index (χ2v) is 4.53. The Balaban J connectivity index is 2.61. The molecule has 0 unspecified atom stereocenters. The number of nitrogens with one attached hydrogen (secondary N) is 1. The number of methoxy groups -OCH3 is 1. The third-order valence-corrected chi connectivity index (χ3v) is 3.35. The summed E-state index contributed by atoms with van der Waals surface area (Å²) in [7, 11) is 1.66. The first-order chi connectivity index (χ1) is 8.95. The lowest BCUT2D eigenvalue weighted by atomic mass is 9.95. The molecule has 0 bridgehead atoms. The minimum atomic E-state index is -0.563. The van der Waals surface area contributed by atoms with Crippen molar-refractivity contribution in [3.05, 3.63) is 34.8 Å². The first-order valence-electron chi connectivity index (χ1n) is 5.95. The summed E-state index contributed by atoms with van der Waals surface area (Å²) in [6.45, 7) is 6.02. The Kier molecular flexibility index (Phi) is 3.29. The highest BCUT2D eigenvalue weighted by Crippen LogP contribution is 2.33. The number of nitrogens with two attached hydrogens (primary N) is 1. The van der Waals surface area contributed by atoms with Gasteiger partial charge in [0.15, 0.2) is 5.82 Å². The van der Waals surface area contributed by atoms with Gasteiger partial charge in [-0.3, -0.25) is 4.79 Å². The van der Waals surface area contributed by atoms with Gasteiger partial charge in [-0.1, -0.05) is 0 Å². The highest BCUT2D eigenvalue weighted by Gasteiger charge is 2.15. The number of benzene rings is 1. The predicted molar refractivity (Wildman–Crippen MR) is 73.3 cm³/mol. The Morgan fingerprint density at radius 3 is 2.53 bits per heavy atom. The van der Waals surface area contributed by atoms with E-state index in [2.05, 4.69) is 9.97 Å². The van der Waals surface area contributed by atoms with Gasteiger partial charge >= 0.3 is 0 Å². The summed E-state index contributed by atoms with van der Waals surface area (Å²) in [4.78, 5) is 18.0. The first kappa shape index (κ1) is 13.1. The maximum atomic E-state index is 11.1. The van der Waals surface area contributed by atoms with E-state index in [-0.39, 0.29) is 5.82 Å². The van der Waals surface area contributed by atoms with E-state index >= 15 is 0 Å². The topological polar surface area (TPSA) is 81.0 Å². The summed E-state index contributed by atoms with van der Waals surface area (Å²) in [5.74, 6) is 0.461. The van der Waals surface area contributed by atoms with Crippen LogP contribution in [0.15, 0.2) is 12.3 Å². The van der Waals surface area contributed by atoms with Gasteiger partial charge in [-0.25, -0.2) is 4.98 Å². The molecule has 1 amide bonds. The third kappa shape index (κ3) is 2.19. The minimum absolute atomic E-state index is 0.169. The third-order valence-electron chi connectivity index (χ3n) is 3.35. The zero-order valence-corrected chi connectivity index (χ0v) is 11.5. The molecule has 2 aromatic rings. The van der Waals surface area contributed by atoms with E-state index in [1.807, 2.05) is 26.8 Å². The zero-order chi connectivity index (χ0) is 14.2. The van der Waals surface area contributed by atoms with E-state index in [0.717, 1.165) is 33.7 Å². The van der Waals surface area contributed by atoms with Crippen molar-refractivity contribution < 1.29 is 9.53 Å². The molecule has 1 aromatic heterocycles. The van der Waals surface area contributed by atoms with Crippen molar-refractivity contribution in [2.24, 2.45) is 5.73 Å². The number of H-pyrrole nitrogens is 1. The summed E-state index contributed by atoms with van der Waals surface area (Å²) in [6, 6.07) is 1.97. The SMILES string of the molecule is COc1cc(C)c(-c2cnc(C(N)=O)[nH]2)c(C)c1C. The quantitative estimate of drug-likeness (QED) is 0.885. The van der Waals surface area contributed by atoms with Crippen molar-refractivity contribution in [1.82, 2.24) is 9.97 Å². The number of aromatic nitrogens is 2. The van der Waals surface area contributed by atoms with Crippen LogP contribution in [0.1, 0.15) is 27.3 Å². The van der Waals surface area contributed by atoms with Crippen LogP contribution in [-0.2, 0) is 0 Å². The summed E-state index contributed by atoms with van der Waals surface area (Å²) < 4.78 is 5.34. The van der Waals surface area contributed by atoms with Gasteiger partial charge in [-0.15, -0.1) is 0 Å². The molecule has 1 aromatic carbocycles. The lowest BCUT2D eigenvalue weighted by molar-refractivity contribution is 0.0991. The van der Waals surface area contributed by atoms with Gasteiger partial charge in [0.25, 0.3) is 5.91 Å². The number of primary amides is 1. The highest BCUT2D eigenvalue weighted by molar-refractivity contribution is 5.90. The first-order valence-corrected chi connectivity index (χ1v) is 5.95. The second-order valence-electron chi connectivity index (χ2n) is 4.53. The Morgan fingerprint density at radius 2 is 2.00 bits per heavy atom. The molecule has 0 spiro atoms. The molecule has 3 N–H and O–H groups in total. The van der Waals surface area contributed by atoms with E-state index in [1.165, 1.54) is 0 Å². The van der Waals surface area contributed by atoms with Gasteiger partial charge in [-0.2, -0.15) is 0 Å². The van der Waals surface area contributed by atoms with Gasteiger partial charge in [0.05, 0.1) is 19.0 Å². The van der Waals surface area contributed by atoms with Crippen LogP contribution >= 0.6 is 0 Å². The zero-order valence-electron chi connectivity index (χ0n) is 11.5. The number of nitrogens with zero attached hydrogens (tertiary/aromatic N) is 1. The molecule has 100 valence electrons. The lowest BCUT2D eigenvalue weighted by Crippen LogP contribution is -2.12. The number of carbonyl (C=O) groups excluding carboxylic acids is 1. The molecule has 5 nitrogen and oxygen atoms in total. The van der Waals surface area contributed by atoms with Gasteiger partial charge in [0.1, 0.15) is 5.75 Å². The molecule has 0 atom stereocenters. The van der Waals surface area contributed by atoms with E-state index < -0.39 is 5.91 Å². The molecule has 2 rings (SSSR count). The number of hydrogen-bond acceptors (Lipinski definition) is 3. The van der Waals surface area contributed by atoms with Crippen LogP contribution in [0.3, 0.4) is 0 Å². The Morgan fingerprint density at radius 1 is 1.32 bits per heavy atom. The summed E-state index contributed by atoms with van der Waals surface area (Å²) in [5.41, 5.74) is 10.2. The van der Waals surface area contributed by atoms with Crippen LogP contribution in [0.4, 0.5) is 0 Å². The average molecular weight is 259 g/mol. The molecule has 19 heavy (non-hydrogen) atoms. The van der Waals surface area contributed by atoms with Crippen molar-refractivity contribution >= 4 is 5.91 Å². The minimum Gasteiger partial charge on any atom is -0.496 e. The van der Waals surface area contributed by atoms with Crippen LogP contribution in [0.5, 0.6) is 5.75 Å². The maximum Gasteiger partial charge on any atom is 0.284 e.